The second-order valence-electron chi connectivity index (χ2n) is 5.30. The van der Waals surface area contributed by atoms with Crippen LogP contribution in [0.4, 0.5) is 0 Å². The molecule has 0 aliphatic carbocycles. The van der Waals surface area contributed by atoms with E-state index in [0.29, 0.717) is 0 Å². The number of hydrogen-bond donors (Lipinski definition) is 0. The lowest BCUT2D eigenvalue weighted by Gasteiger charge is -2.14. The van der Waals surface area contributed by atoms with Crippen LogP contribution < -0.4 is 5.30 Å². The summed E-state index contributed by atoms with van der Waals surface area (Å²) >= 11 is 0. The largest absolute Gasteiger partial charge is 0.0872 e. The quantitative estimate of drug-likeness (QED) is 0.419. The summed E-state index contributed by atoms with van der Waals surface area (Å²) in [5.74, 6) is 0. The lowest BCUT2D eigenvalue weighted by atomic mass is 10.1. The molecule has 1 heteroatoms. The number of unbranched alkanes of at least 4 members (excludes halogenated alkanes) is 3. The number of benzene rings is 1. The van der Waals surface area contributed by atoms with E-state index in [2.05, 4.69) is 45.0 Å². The smallest absolute Gasteiger partial charge is 0.0225 e. The van der Waals surface area contributed by atoms with Crippen LogP contribution in [0.25, 0.3) is 0 Å². The van der Waals surface area contributed by atoms with E-state index in [1.54, 1.807) is 10.9 Å². The van der Waals surface area contributed by atoms with Gasteiger partial charge in [-0.15, -0.1) is 0 Å². The first-order valence-corrected chi connectivity index (χ1v) is 8.70. The molecule has 2 atom stereocenters. The molecule has 0 amide bonds. The van der Waals surface area contributed by atoms with E-state index in [1.807, 2.05) is 0 Å². The van der Waals surface area contributed by atoms with Crippen molar-refractivity contribution in [2.45, 2.75) is 71.4 Å². The molecule has 0 saturated carbocycles. The fourth-order valence-corrected chi connectivity index (χ4v) is 3.75. The molecular weight excluding hydrogens is 235 g/mol. The van der Waals surface area contributed by atoms with E-state index >= 15 is 0 Å². The van der Waals surface area contributed by atoms with Gasteiger partial charge < -0.3 is 0 Å². The predicted octanol–water partition coefficient (Wildman–Crippen LogP) is 5.30. The Labute approximate surface area is 115 Å². The van der Waals surface area contributed by atoms with Crippen LogP contribution in [0.2, 0.25) is 0 Å². The molecular formula is C17H29P. The summed E-state index contributed by atoms with van der Waals surface area (Å²) in [7, 11) is 1.000. The van der Waals surface area contributed by atoms with Gasteiger partial charge in [0, 0.05) is 0 Å². The van der Waals surface area contributed by atoms with Gasteiger partial charge in [0.25, 0.3) is 0 Å². The molecule has 1 rings (SSSR count). The summed E-state index contributed by atoms with van der Waals surface area (Å²) in [5.41, 5.74) is 2.46. The summed E-state index contributed by atoms with van der Waals surface area (Å²) in [6.07, 6.45) is 9.42. The molecule has 0 aliphatic heterocycles. The normalized spacial score (nSPS) is 13.3. The van der Waals surface area contributed by atoms with Gasteiger partial charge in [-0.05, 0) is 35.8 Å². The van der Waals surface area contributed by atoms with Gasteiger partial charge in [0.05, 0.1) is 0 Å². The molecule has 0 radical (unpaired) electrons. The first-order valence-electron chi connectivity index (χ1n) is 7.62. The summed E-state index contributed by atoms with van der Waals surface area (Å²) in [6, 6.07) is 9.08. The van der Waals surface area contributed by atoms with Crippen molar-refractivity contribution in [3.05, 3.63) is 29.8 Å². The Balaban J connectivity index is 2.49. The third-order valence-electron chi connectivity index (χ3n) is 3.46. The maximum atomic E-state index is 2.42. The molecule has 1 aromatic rings. The van der Waals surface area contributed by atoms with Crippen molar-refractivity contribution in [2.24, 2.45) is 0 Å². The summed E-state index contributed by atoms with van der Waals surface area (Å²) in [5, 5.41) is 1.62. The fraction of sp³-hybridized carbons (Fsp3) is 0.647. The molecule has 0 fully saturated rings. The highest BCUT2D eigenvalue weighted by molar-refractivity contribution is 7.48. The maximum Gasteiger partial charge on any atom is -0.0225 e. The minimum atomic E-state index is 0.860. The van der Waals surface area contributed by atoms with E-state index < -0.39 is 0 Å². The fourth-order valence-electron chi connectivity index (χ4n) is 2.28. The zero-order valence-corrected chi connectivity index (χ0v) is 13.3. The van der Waals surface area contributed by atoms with Crippen molar-refractivity contribution in [1.29, 1.82) is 0 Å². The highest BCUT2D eigenvalue weighted by Crippen LogP contribution is 2.25. The average molecular weight is 264 g/mol. The Morgan fingerprint density at radius 1 is 1.00 bits per heavy atom. The Morgan fingerprint density at radius 2 is 1.72 bits per heavy atom. The van der Waals surface area contributed by atoms with Gasteiger partial charge in [-0.25, -0.2) is 0 Å². The molecule has 0 nitrogen and oxygen atoms in total. The second-order valence-corrected chi connectivity index (χ2v) is 7.11. The van der Waals surface area contributed by atoms with Crippen molar-refractivity contribution in [1.82, 2.24) is 0 Å². The summed E-state index contributed by atoms with van der Waals surface area (Å²) < 4.78 is 0. The highest BCUT2D eigenvalue weighted by atomic mass is 31.1. The topological polar surface area (TPSA) is 0 Å². The van der Waals surface area contributed by atoms with Gasteiger partial charge >= 0.3 is 0 Å². The van der Waals surface area contributed by atoms with E-state index in [9.17, 15) is 0 Å². The second kappa shape index (κ2) is 9.56. The van der Waals surface area contributed by atoms with Gasteiger partial charge in [0.15, 0.2) is 0 Å². The van der Waals surface area contributed by atoms with E-state index in [0.717, 1.165) is 14.2 Å². The number of aryl methyl sites for hydroxylation is 1. The lowest BCUT2D eigenvalue weighted by molar-refractivity contribution is 0.663. The Morgan fingerprint density at radius 3 is 2.44 bits per heavy atom. The third kappa shape index (κ3) is 6.01. The SMILES string of the molecule is CCCCCC(C)Pc1ccccc1CCCC. The maximum absolute atomic E-state index is 2.42. The lowest BCUT2D eigenvalue weighted by Crippen LogP contribution is -2.08. The van der Waals surface area contributed by atoms with Crippen LogP contribution in [0.5, 0.6) is 0 Å². The van der Waals surface area contributed by atoms with Crippen LogP contribution in [0.15, 0.2) is 24.3 Å². The minimum absolute atomic E-state index is 0.860. The molecule has 0 aliphatic rings. The van der Waals surface area contributed by atoms with Gasteiger partial charge in [0.2, 0.25) is 0 Å². The zero-order chi connectivity index (χ0) is 13.2. The van der Waals surface area contributed by atoms with Crippen LogP contribution >= 0.6 is 8.58 Å². The molecule has 18 heavy (non-hydrogen) atoms. The molecule has 0 aromatic heterocycles. The van der Waals surface area contributed by atoms with Crippen molar-refractivity contribution >= 4 is 13.9 Å². The molecule has 1 aromatic carbocycles. The number of hydrogen-bond acceptors (Lipinski definition) is 0. The Kier molecular flexibility index (Phi) is 8.34. The molecule has 0 heterocycles. The first-order chi connectivity index (χ1) is 8.77. The summed E-state index contributed by atoms with van der Waals surface area (Å²) in [6.45, 7) is 6.98. The van der Waals surface area contributed by atoms with Crippen LogP contribution in [0.1, 0.15) is 64.9 Å². The Hall–Kier alpha value is -0.350. The zero-order valence-electron chi connectivity index (χ0n) is 12.3. The third-order valence-corrected chi connectivity index (χ3v) is 5.04. The molecule has 102 valence electrons. The number of rotatable bonds is 9. The molecule has 2 unspecified atom stereocenters. The average Bonchev–Trinajstić information content (AvgIpc) is 2.38. The van der Waals surface area contributed by atoms with Gasteiger partial charge in [-0.1, -0.05) is 79.3 Å². The first kappa shape index (κ1) is 15.7. The van der Waals surface area contributed by atoms with Crippen molar-refractivity contribution in [2.75, 3.05) is 0 Å². The highest BCUT2D eigenvalue weighted by Gasteiger charge is 2.07. The molecule has 0 bridgehead atoms. The van der Waals surface area contributed by atoms with E-state index in [-0.39, 0.29) is 0 Å². The van der Waals surface area contributed by atoms with Gasteiger partial charge in [-0.3, -0.25) is 0 Å². The monoisotopic (exact) mass is 264 g/mol. The van der Waals surface area contributed by atoms with Crippen LogP contribution in [-0.4, -0.2) is 5.66 Å². The van der Waals surface area contributed by atoms with Crippen molar-refractivity contribution in [3.63, 3.8) is 0 Å². The molecule has 0 N–H and O–H groups in total. The van der Waals surface area contributed by atoms with Crippen LogP contribution in [0.3, 0.4) is 0 Å². The van der Waals surface area contributed by atoms with Crippen molar-refractivity contribution in [3.8, 4) is 0 Å². The molecule has 0 saturated heterocycles. The Bertz CT molecular complexity index is 319. The van der Waals surface area contributed by atoms with E-state index in [1.165, 1.54) is 44.9 Å². The standard InChI is InChI=1S/C17H29P/c1-4-6-8-11-15(3)18-17-14-10-9-13-16(17)12-7-5-2/h9-10,13-15,18H,4-8,11-12H2,1-3H3. The minimum Gasteiger partial charge on any atom is -0.0872 e. The molecule has 0 spiro atoms. The van der Waals surface area contributed by atoms with E-state index in [4.69, 9.17) is 0 Å². The van der Waals surface area contributed by atoms with Gasteiger partial charge in [-0.2, -0.15) is 0 Å². The predicted molar refractivity (Wildman–Crippen MR) is 86.6 cm³/mol. The van der Waals surface area contributed by atoms with Gasteiger partial charge in [0.1, 0.15) is 0 Å². The van der Waals surface area contributed by atoms with Crippen molar-refractivity contribution < 1.29 is 0 Å². The van der Waals surface area contributed by atoms with Crippen LogP contribution in [0, 0.1) is 0 Å². The summed E-state index contributed by atoms with van der Waals surface area (Å²) in [4.78, 5) is 0. The van der Waals surface area contributed by atoms with Crippen LogP contribution in [-0.2, 0) is 6.42 Å².